The van der Waals surface area contributed by atoms with Gasteiger partial charge in [0.1, 0.15) is 0 Å². The van der Waals surface area contributed by atoms with E-state index in [1.165, 1.54) is 12.1 Å². The predicted molar refractivity (Wildman–Crippen MR) is 79.4 cm³/mol. The van der Waals surface area contributed by atoms with Crippen LogP contribution in [0, 0.1) is 15.5 Å². The predicted octanol–water partition coefficient (Wildman–Crippen LogP) is 3.57. The van der Waals surface area contributed by atoms with Crippen LogP contribution in [0.2, 0.25) is 0 Å². The topological polar surface area (TPSA) is 75.4 Å². The van der Waals surface area contributed by atoms with Crippen molar-refractivity contribution in [2.45, 2.75) is 26.7 Å². The van der Waals surface area contributed by atoms with Crippen LogP contribution in [-0.2, 0) is 0 Å². The first-order chi connectivity index (χ1) is 8.98. The minimum absolute atomic E-state index is 0.0526. The average Bonchev–Trinajstić information content (AvgIpc) is 2.42. The van der Waals surface area contributed by atoms with E-state index in [-0.39, 0.29) is 17.7 Å². The number of nitrogens with one attached hydrogen (secondary N) is 1. The highest BCUT2D eigenvalue weighted by Gasteiger charge is 2.25. The molecule has 0 atom stereocenters. The molecule has 0 aromatic heterocycles. The standard InChI is InChI=1S/C13H19BrN2O3/c1-3-13(4-2,9-17)8-15-12-6-5-10(16(18)19)7-11(12)14/h5-7,15,17H,3-4,8-9H2,1-2H3. The molecule has 5 nitrogen and oxygen atoms in total. The summed E-state index contributed by atoms with van der Waals surface area (Å²) in [6.45, 7) is 4.85. The largest absolute Gasteiger partial charge is 0.396 e. The normalized spacial score (nSPS) is 11.4. The number of nitro benzene ring substituents is 1. The second-order valence-corrected chi connectivity index (χ2v) is 5.49. The molecule has 0 aliphatic heterocycles. The molecular formula is C13H19BrN2O3. The van der Waals surface area contributed by atoms with E-state index in [1.54, 1.807) is 6.07 Å². The van der Waals surface area contributed by atoms with Crippen LogP contribution < -0.4 is 5.32 Å². The number of halogens is 1. The molecule has 19 heavy (non-hydrogen) atoms. The van der Waals surface area contributed by atoms with E-state index in [4.69, 9.17) is 0 Å². The van der Waals surface area contributed by atoms with Crippen LogP contribution in [0.5, 0.6) is 0 Å². The molecule has 0 saturated carbocycles. The van der Waals surface area contributed by atoms with Gasteiger partial charge in [0.15, 0.2) is 0 Å². The summed E-state index contributed by atoms with van der Waals surface area (Å²) in [5, 5.41) is 23.4. The van der Waals surface area contributed by atoms with Gasteiger partial charge >= 0.3 is 0 Å². The second-order valence-electron chi connectivity index (χ2n) is 4.64. The molecule has 0 heterocycles. The average molecular weight is 331 g/mol. The molecule has 0 saturated heterocycles. The Bertz CT molecular complexity index is 439. The summed E-state index contributed by atoms with van der Waals surface area (Å²) in [5.41, 5.74) is 0.698. The Balaban J connectivity index is 2.80. The highest BCUT2D eigenvalue weighted by atomic mass is 79.9. The van der Waals surface area contributed by atoms with E-state index in [0.717, 1.165) is 18.5 Å². The van der Waals surface area contributed by atoms with Crippen LogP contribution >= 0.6 is 15.9 Å². The van der Waals surface area contributed by atoms with E-state index < -0.39 is 4.92 Å². The number of non-ortho nitro benzene ring substituents is 1. The summed E-state index contributed by atoms with van der Waals surface area (Å²) >= 11 is 3.32. The fourth-order valence-corrected chi connectivity index (χ4v) is 2.33. The van der Waals surface area contributed by atoms with Crippen molar-refractivity contribution < 1.29 is 10.0 Å². The van der Waals surface area contributed by atoms with Crippen LogP contribution in [0.3, 0.4) is 0 Å². The molecule has 0 aliphatic rings. The molecule has 0 amide bonds. The Morgan fingerprint density at radius 1 is 1.42 bits per heavy atom. The van der Waals surface area contributed by atoms with Gasteiger partial charge in [-0.3, -0.25) is 10.1 Å². The number of aliphatic hydroxyl groups excluding tert-OH is 1. The monoisotopic (exact) mass is 330 g/mol. The maximum absolute atomic E-state index is 10.7. The van der Waals surface area contributed by atoms with Gasteiger partial charge in [0.05, 0.1) is 11.5 Å². The van der Waals surface area contributed by atoms with Crippen molar-refractivity contribution in [2.24, 2.45) is 5.41 Å². The Kier molecular flexibility index (Phi) is 5.75. The van der Waals surface area contributed by atoms with Gasteiger partial charge in [-0.1, -0.05) is 13.8 Å². The van der Waals surface area contributed by atoms with Gasteiger partial charge in [-0.25, -0.2) is 0 Å². The minimum atomic E-state index is -0.426. The van der Waals surface area contributed by atoms with Crippen LogP contribution in [0.25, 0.3) is 0 Å². The van der Waals surface area contributed by atoms with Crippen molar-refractivity contribution in [1.29, 1.82) is 0 Å². The highest BCUT2D eigenvalue weighted by Crippen LogP contribution is 2.30. The van der Waals surface area contributed by atoms with Crippen LogP contribution in [0.4, 0.5) is 11.4 Å². The maximum Gasteiger partial charge on any atom is 0.270 e. The van der Waals surface area contributed by atoms with Crippen molar-refractivity contribution in [1.82, 2.24) is 0 Å². The summed E-state index contributed by atoms with van der Waals surface area (Å²) in [7, 11) is 0. The second kappa shape index (κ2) is 6.86. The van der Waals surface area contributed by atoms with Gasteiger partial charge in [0, 0.05) is 34.3 Å². The minimum Gasteiger partial charge on any atom is -0.396 e. The van der Waals surface area contributed by atoms with Crippen LogP contribution in [-0.4, -0.2) is 23.2 Å². The smallest absolute Gasteiger partial charge is 0.270 e. The first-order valence-electron chi connectivity index (χ1n) is 6.26. The molecule has 0 radical (unpaired) electrons. The molecule has 1 rings (SSSR count). The van der Waals surface area contributed by atoms with Crippen molar-refractivity contribution in [2.75, 3.05) is 18.5 Å². The van der Waals surface area contributed by atoms with Crippen molar-refractivity contribution in [3.63, 3.8) is 0 Å². The van der Waals surface area contributed by atoms with Crippen LogP contribution in [0.15, 0.2) is 22.7 Å². The quantitative estimate of drug-likeness (QED) is 0.592. The van der Waals surface area contributed by atoms with E-state index >= 15 is 0 Å². The van der Waals surface area contributed by atoms with Gasteiger partial charge in [-0.2, -0.15) is 0 Å². The number of benzene rings is 1. The van der Waals surface area contributed by atoms with Gasteiger partial charge < -0.3 is 10.4 Å². The number of rotatable bonds is 7. The van der Waals surface area contributed by atoms with E-state index in [9.17, 15) is 15.2 Å². The van der Waals surface area contributed by atoms with Crippen molar-refractivity contribution in [3.05, 3.63) is 32.8 Å². The summed E-state index contributed by atoms with van der Waals surface area (Å²) in [5.74, 6) is 0. The first kappa shape index (κ1) is 15.9. The Morgan fingerprint density at radius 2 is 2.05 bits per heavy atom. The third-order valence-corrected chi connectivity index (χ3v) is 4.31. The molecule has 0 spiro atoms. The molecule has 0 fully saturated rings. The highest BCUT2D eigenvalue weighted by molar-refractivity contribution is 9.10. The number of anilines is 1. The third kappa shape index (κ3) is 3.91. The molecule has 0 aliphatic carbocycles. The first-order valence-corrected chi connectivity index (χ1v) is 7.06. The Labute approximate surface area is 121 Å². The number of aliphatic hydroxyl groups is 1. The van der Waals surface area contributed by atoms with Gasteiger partial charge in [0.25, 0.3) is 5.69 Å². The lowest BCUT2D eigenvalue weighted by Gasteiger charge is -2.30. The Morgan fingerprint density at radius 3 is 2.47 bits per heavy atom. The van der Waals surface area contributed by atoms with E-state index in [0.29, 0.717) is 11.0 Å². The lowest BCUT2D eigenvalue weighted by Crippen LogP contribution is -2.32. The molecule has 0 bridgehead atoms. The zero-order chi connectivity index (χ0) is 14.5. The summed E-state index contributed by atoms with van der Waals surface area (Å²) in [4.78, 5) is 10.2. The molecule has 1 aromatic rings. The van der Waals surface area contributed by atoms with Crippen molar-refractivity contribution >= 4 is 27.3 Å². The SMILES string of the molecule is CCC(CC)(CO)CNc1ccc([N+](=O)[O-])cc1Br. The van der Waals surface area contributed by atoms with Crippen molar-refractivity contribution in [3.8, 4) is 0 Å². The molecule has 106 valence electrons. The maximum atomic E-state index is 10.7. The van der Waals surface area contributed by atoms with E-state index in [1.807, 2.05) is 13.8 Å². The summed E-state index contributed by atoms with van der Waals surface area (Å²) in [6.07, 6.45) is 1.75. The van der Waals surface area contributed by atoms with Gasteiger partial charge in [0.2, 0.25) is 0 Å². The van der Waals surface area contributed by atoms with Crippen LogP contribution in [0.1, 0.15) is 26.7 Å². The number of nitro groups is 1. The fourth-order valence-electron chi connectivity index (χ4n) is 1.82. The number of hydrogen-bond acceptors (Lipinski definition) is 4. The molecular weight excluding hydrogens is 312 g/mol. The zero-order valence-electron chi connectivity index (χ0n) is 11.1. The third-order valence-electron chi connectivity index (χ3n) is 3.65. The summed E-state index contributed by atoms with van der Waals surface area (Å²) in [6, 6.07) is 4.61. The van der Waals surface area contributed by atoms with E-state index in [2.05, 4.69) is 21.2 Å². The number of nitrogens with zero attached hydrogens (tertiary/aromatic N) is 1. The molecule has 1 aromatic carbocycles. The molecule has 2 N–H and O–H groups in total. The number of hydrogen-bond donors (Lipinski definition) is 2. The fraction of sp³-hybridized carbons (Fsp3) is 0.538. The molecule has 0 unspecified atom stereocenters. The Hall–Kier alpha value is -1.14. The van der Waals surface area contributed by atoms with Gasteiger partial charge in [-0.15, -0.1) is 0 Å². The summed E-state index contributed by atoms with van der Waals surface area (Å²) < 4.78 is 0.653. The molecule has 6 heteroatoms. The van der Waals surface area contributed by atoms with Gasteiger partial charge in [-0.05, 0) is 34.8 Å². The lowest BCUT2D eigenvalue weighted by molar-refractivity contribution is -0.384. The lowest BCUT2D eigenvalue weighted by atomic mass is 9.83. The zero-order valence-corrected chi connectivity index (χ0v) is 12.7.